The SMILES string of the molecule is COc1cccc(C(C(=O)Nc2ccc3c(O)[nH]c(O)c3c2)N2CCN(C)CC2)c1. The number of rotatable bonds is 5. The minimum absolute atomic E-state index is 0.105. The van der Waals surface area contributed by atoms with Gasteiger partial charge in [0.15, 0.2) is 11.8 Å². The zero-order chi connectivity index (χ0) is 21.3. The Hall–Kier alpha value is -3.23. The molecular weight excluding hydrogens is 384 g/mol. The molecule has 0 bridgehead atoms. The van der Waals surface area contributed by atoms with Gasteiger partial charge in [-0.3, -0.25) is 14.7 Å². The number of nitrogens with zero attached hydrogens (tertiary/aromatic N) is 2. The predicted octanol–water partition coefficient (Wildman–Crippen LogP) is 2.51. The molecule has 2 heterocycles. The number of fused-ring (bicyclic) bond motifs is 1. The summed E-state index contributed by atoms with van der Waals surface area (Å²) in [5.41, 5.74) is 1.41. The van der Waals surface area contributed by atoms with Gasteiger partial charge in [0, 0.05) is 42.6 Å². The van der Waals surface area contributed by atoms with Crippen molar-refractivity contribution in [3.63, 3.8) is 0 Å². The molecular formula is C22H26N4O4. The molecule has 2 aromatic carbocycles. The molecule has 1 fully saturated rings. The molecule has 1 aliphatic heterocycles. The Kier molecular flexibility index (Phi) is 5.52. The lowest BCUT2D eigenvalue weighted by Crippen LogP contribution is -2.48. The normalized spacial score (nSPS) is 16.5. The number of benzene rings is 2. The molecule has 30 heavy (non-hydrogen) atoms. The third-order valence-electron chi connectivity index (χ3n) is 5.60. The van der Waals surface area contributed by atoms with Crippen molar-refractivity contribution in [3.05, 3.63) is 48.0 Å². The highest BCUT2D eigenvalue weighted by molar-refractivity contribution is 6.00. The summed E-state index contributed by atoms with van der Waals surface area (Å²) < 4.78 is 5.36. The van der Waals surface area contributed by atoms with E-state index in [9.17, 15) is 15.0 Å². The lowest BCUT2D eigenvalue weighted by atomic mass is 10.0. The van der Waals surface area contributed by atoms with Gasteiger partial charge in [-0.15, -0.1) is 0 Å². The summed E-state index contributed by atoms with van der Waals surface area (Å²) in [5, 5.41) is 23.7. The van der Waals surface area contributed by atoms with Crippen LogP contribution in [0.25, 0.3) is 10.8 Å². The minimum atomic E-state index is -0.474. The molecule has 1 atom stereocenters. The highest BCUT2D eigenvalue weighted by Crippen LogP contribution is 2.34. The Balaban J connectivity index is 1.64. The van der Waals surface area contributed by atoms with Crippen LogP contribution in [-0.4, -0.2) is 71.2 Å². The quantitative estimate of drug-likeness (QED) is 0.516. The third-order valence-corrected chi connectivity index (χ3v) is 5.60. The van der Waals surface area contributed by atoms with E-state index in [1.165, 1.54) is 0 Å². The van der Waals surface area contributed by atoms with Crippen molar-refractivity contribution in [2.24, 2.45) is 0 Å². The number of piperazine rings is 1. The van der Waals surface area contributed by atoms with Gasteiger partial charge < -0.3 is 25.2 Å². The van der Waals surface area contributed by atoms with Crippen LogP contribution in [0.15, 0.2) is 42.5 Å². The third kappa shape index (κ3) is 3.92. The second-order valence-corrected chi connectivity index (χ2v) is 7.59. The van der Waals surface area contributed by atoms with Gasteiger partial charge in [-0.1, -0.05) is 12.1 Å². The van der Waals surface area contributed by atoms with Crippen LogP contribution >= 0.6 is 0 Å². The number of nitrogens with one attached hydrogen (secondary N) is 2. The number of carbonyl (C=O) groups excluding carboxylic acids is 1. The largest absolute Gasteiger partial charge is 0.497 e. The smallest absolute Gasteiger partial charge is 0.246 e. The van der Waals surface area contributed by atoms with E-state index in [-0.39, 0.29) is 17.7 Å². The number of hydrogen-bond donors (Lipinski definition) is 4. The topological polar surface area (TPSA) is 101 Å². The summed E-state index contributed by atoms with van der Waals surface area (Å²) in [4.78, 5) is 20.3. The molecule has 0 spiro atoms. The summed E-state index contributed by atoms with van der Waals surface area (Å²) >= 11 is 0. The lowest BCUT2D eigenvalue weighted by Gasteiger charge is -2.37. The van der Waals surface area contributed by atoms with Gasteiger partial charge in [0.25, 0.3) is 0 Å². The fourth-order valence-electron chi connectivity index (χ4n) is 3.90. The zero-order valence-electron chi connectivity index (χ0n) is 17.1. The van der Waals surface area contributed by atoms with Crippen LogP contribution in [0.2, 0.25) is 0 Å². The van der Waals surface area contributed by atoms with Crippen LogP contribution in [-0.2, 0) is 4.79 Å². The summed E-state index contributed by atoms with van der Waals surface area (Å²) in [6.07, 6.45) is 0. The van der Waals surface area contributed by atoms with Crippen molar-refractivity contribution in [2.75, 3.05) is 45.7 Å². The van der Waals surface area contributed by atoms with Gasteiger partial charge in [-0.25, -0.2) is 0 Å². The zero-order valence-corrected chi connectivity index (χ0v) is 17.1. The number of anilines is 1. The van der Waals surface area contributed by atoms with Crippen molar-refractivity contribution in [1.82, 2.24) is 14.8 Å². The Morgan fingerprint density at radius 2 is 1.80 bits per heavy atom. The molecule has 8 nitrogen and oxygen atoms in total. The number of methoxy groups -OCH3 is 1. The average molecular weight is 410 g/mol. The molecule has 1 aromatic heterocycles. The van der Waals surface area contributed by atoms with Crippen molar-refractivity contribution in [1.29, 1.82) is 0 Å². The van der Waals surface area contributed by atoms with Gasteiger partial charge in [0.1, 0.15) is 11.8 Å². The van der Waals surface area contributed by atoms with E-state index < -0.39 is 6.04 Å². The second-order valence-electron chi connectivity index (χ2n) is 7.59. The molecule has 0 saturated carbocycles. The number of aromatic hydroxyl groups is 2. The maximum Gasteiger partial charge on any atom is 0.246 e. The van der Waals surface area contributed by atoms with E-state index in [4.69, 9.17) is 4.74 Å². The maximum absolute atomic E-state index is 13.4. The first-order valence-corrected chi connectivity index (χ1v) is 9.87. The Morgan fingerprint density at radius 1 is 1.07 bits per heavy atom. The summed E-state index contributed by atoms with van der Waals surface area (Å²) in [5.74, 6) is 0.300. The monoisotopic (exact) mass is 410 g/mol. The number of likely N-dealkylation sites (N-methyl/N-ethyl adjacent to an activating group) is 1. The van der Waals surface area contributed by atoms with Crippen LogP contribution in [0, 0.1) is 0 Å². The first kappa shape index (κ1) is 20.1. The average Bonchev–Trinajstić information content (AvgIpc) is 3.03. The van der Waals surface area contributed by atoms with Crippen LogP contribution in [0.5, 0.6) is 17.5 Å². The highest BCUT2D eigenvalue weighted by atomic mass is 16.5. The number of aromatic amines is 1. The van der Waals surface area contributed by atoms with Gasteiger partial charge in [-0.2, -0.15) is 0 Å². The molecule has 1 amide bonds. The van der Waals surface area contributed by atoms with Gasteiger partial charge >= 0.3 is 0 Å². The van der Waals surface area contributed by atoms with Crippen LogP contribution in [0.4, 0.5) is 5.69 Å². The van der Waals surface area contributed by atoms with E-state index in [1.54, 1.807) is 25.3 Å². The molecule has 4 N–H and O–H groups in total. The van der Waals surface area contributed by atoms with Gasteiger partial charge in [0.2, 0.25) is 5.91 Å². The Labute approximate surface area is 174 Å². The number of H-pyrrole nitrogens is 1. The van der Waals surface area contributed by atoms with E-state index in [0.29, 0.717) is 22.2 Å². The highest BCUT2D eigenvalue weighted by Gasteiger charge is 2.30. The molecule has 1 unspecified atom stereocenters. The number of aromatic nitrogens is 1. The number of carbonyl (C=O) groups is 1. The molecule has 158 valence electrons. The molecule has 0 radical (unpaired) electrons. The lowest BCUT2D eigenvalue weighted by molar-refractivity contribution is -0.122. The molecule has 0 aliphatic carbocycles. The number of ether oxygens (including phenoxy) is 1. The van der Waals surface area contributed by atoms with Crippen molar-refractivity contribution < 1.29 is 19.7 Å². The molecule has 3 aromatic rings. The van der Waals surface area contributed by atoms with E-state index in [1.807, 2.05) is 24.3 Å². The summed E-state index contributed by atoms with van der Waals surface area (Å²) in [6.45, 7) is 3.32. The fraction of sp³-hybridized carbons (Fsp3) is 0.318. The number of amides is 1. The number of hydrogen-bond acceptors (Lipinski definition) is 6. The van der Waals surface area contributed by atoms with Crippen LogP contribution in [0.1, 0.15) is 11.6 Å². The van der Waals surface area contributed by atoms with E-state index in [0.717, 1.165) is 31.7 Å². The Morgan fingerprint density at radius 3 is 2.53 bits per heavy atom. The molecule has 1 aliphatic rings. The second kappa shape index (κ2) is 8.25. The maximum atomic E-state index is 13.4. The Bertz CT molecular complexity index is 1060. The van der Waals surface area contributed by atoms with E-state index >= 15 is 0 Å². The van der Waals surface area contributed by atoms with E-state index in [2.05, 4.69) is 27.1 Å². The fourth-order valence-corrected chi connectivity index (χ4v) is 3.90. The van der Waals surface area contributed by atoms with Crippen molar-refractivity contribution in [3.8, 4) is 17.5 Å². The molecule has 1 saturated heterocycles. The van der Waals surface area contributed by atoms with Crippen molar-refractivity contribution >= 4 is 22.4 Å². The summed E-state index contributed by atoms with van der Waals surface area (Å²) in [7, 11) is 3.68. The first-order chi connectivity index (χ1) is 14.5. The van der Waals surface area contributed by atoms with Crippen LogP contribution < -0.4 is 10.1 Å². The van der Waals surface area contributed by atoms with Crippen LogP contribution in [0.3, 0.4) is 0 Å². The minimum Gasteiger partial charge on any atom is -0.497 e. The molecule has 4 rings (SSSR count). The predicted molar refractivity (Wildman–Crippen MR) is 115 cm³/mol. The molecule has 8 heteroatoms. The van der Waals surface area contributed by atoms with Gasteiger partial charge in [0.05, 0.1) is 7.11 Å². The summed E-state index contributed by atoms with van der Waals surface area (Å²) in [6, 6.07) is 12.1. The van der Waals surface area contributed by atoms with Crippen molar-refractivity contribution in [2.45, 2.75) is 6.04 Å². The standard InChI is InChI=1S/C22H26N4O4/c1-25-8-10-26(11-9-25)19(14-4-3-5-16(12-14)30-2)22(29)23-15-6-7-17-18(13-15)21(28)24-20(17)27/h3-7,12-13,19,24,27-28H,8-11H2,1-2H3,(H,23,29). The van der Waals surface area contributed by atoms with Gasteiger partial charge in [-0.05, 0) is 42.9 Å². The first-order valence-electron chi connectivity index (χ1n) is 9.87.